The Morgan fingerprint density at radius 1 is 1.00 bits per heavy atom. The highest BCUT2D eigenvalue weighted by Gasteiger charge is 2.21. The van der Waals surface area contributed by atoms with E-state index >= 15 is 0 Å². The van der Waals surface area contributed by atoms with Crippen molar-refractivity contribution in [3.63, 3.8) is 0 Å². The third-order valence-electron chi connectivity index (χ3n) is 4.10. The minimum atomic E-state index is -3.54. The van der Waals surface area contributed by atoms with Crippen molar-refractivity contribution >= 4 is 27.5 Å². The fourth-order valence-electron chi connectivity index (χ4n) is 2.81. The highest BCUT2D eigenvalue weighted by Crippen LogP contribution is 2.21. The van der Waals surface area contributed by atoms with Gasteiger partial charge in [0.2, 0.25) is 0 Å². The quantitative estimate of drug-likeness (QED) is 0.759. The minimum absolute atomic E-state index is 0.0412. The van der Waals surface area contributed by atoms with Gasteiger partial charge in [-0.1, -0.05) is 36.6 Å². The van der Waals surface area contributed by atoms with Crippen LogP contribution < -0.4 is 14.2 Å². The highest BCUT2D eigenvalue weighted by molar-refractivity contribution is 7.90. The monoisotopic (exact) mass is 380 g/mol. The lowest BCUT2D eigenvalue weighted by Crippen LogP contribution is -2.37. The van der Waals surface area contributed by atoms with Crippen LogP contribution in [0.2, 0.25) is 5.02 Å². The molecule has 0 bridgehead atoms. The molecule has 1 saturated carbocycles. The maximum Gasteiger partial charge on any atom is 0.299 e. The Morgan fingerprint density at radius 2 is 1.64 bits per heavy atom. The molecule has 2 N–H and O–H groups in total. The fourth-order valence-corrected chi connectivity index (χ4v) is 4.12. The lowest BCUT2D eigenvalue weighted by atomic mass is 10.2. The molecule has 7 heteroatoms. The predicted molar refractivity (Wildman–Crippen MR) is 100 cm³/mol. The maximum absolute atomic E-state index is 12.1. The van der Waals surface area contributed by atoms with Crippen molar-refractivity contribution in [2.24, 2.45) is 0 Å². The molecule has 0 unspecified atom stereocenters. The van der Waals surface area contributed by atoms with E-state index in [-0.39, 0.29) is 6.04 Å². The predicted octanol–water partition coefficient (Wildman–Crippen LogP) is 4.11. The summed E-state index contributed by atoms with van der Waals surface area (Å²) >= 11 is 5.85. The number of hydrogen-bond donors (Lipinski definition) is 2. The van der Waals surface area contributed by atoms with E-state index in [1.807, 2.05) is 24.3 Å². The van der Waals surface area contributed by atoms with Crippen LogP contribution >= 0.6 is 11.6 Å². The normalized spacial score (nSPS) is 15.2. The maximum atomic E-state index is 12.1. The van der Waals surface area contributed by atoms with Gasteiger partial charge in [-0.2, -0.15) is 13.1 Å². The SMILES string of the molecule is O=S(=O)(Nc1ccc(OCc2ccc(Cl)cc2)cc1)NC1CCCC1. The van der Waals surface area contributed by atoms with Crippen LogP contribution in [0.25, 0.3) is 0 Å². The van der Waals surface area contributed by atoms with E-state index in [1.165, 1.54) is 0 Å². The first kappa shape index (κ1) is 18.0. The van der Waals surface area contributed by atoms with Crippen LogP contribution in [-0.4, -0.2) is 14.5 Å². The molecule has 0 aromatic heterocycles. The molecule has 1 fully saturated rings. The van der Waals surface area contributed by atoms with Gasteiger partial charge in [-0.15, -0.1) is 0 Å². The first-order valence-corrected chi connectivity index (χ1v) is 10.1. The van der Waals surface area contributed by atoms with Crippen LogP contribution in [-0.2, 0) is 16.8 Å². The van der Waals surface area contributed by atoms with Crippen molar-refractivity contribution in [1.29, 1.82) is 0 Å². The van der Waals surface area contributed by atoms with Gasteiger partial charge >= 0.3 is 0 Å². The van der Waals surface area contributed by atoms with Crippen molar-refractivity contribution in [3.8, 4) is 5.75 Å². The van der Waals surface area contributed by atoms with Gasteiger partial charge in [0.1, 0.15) is 12.4 Å². The van der Waals surface area contributed by atoms with E-state index in [1.54, 1.807) is 24.3 Å². The van der Waals surface area contributed by atoms with Crippen molar-refractivity contribution in [2.75, 3.05) is 4.72 Å². The van der Waals surface area contributed by atoms with Gasteiger partial charge in [0.05, 0.1) is 5.69 Å². The van der Waals surface area contributed by atoms with Crippen LogP contribution in [0.1, 0.15) is 31.2 Å². The molecule has 134 valence electrons. The molecule has 1 aliphatic rings. The molecular formula is C18H21ClN2O3S. The number of halogens is 1. The average Bonchev–Trinajstić information content (AvgIpc) is 3.07. The molecule has 2 aromatic carbocycles. The molecule has 0 spiro atoms. The van der Waals surface area contributed by atoms with Crippen LogP contribution in [0.4, 0.5) is 5.69 Å². The molecular weight excluding hydrogens is 360 g/mol. The molecule has 0 heterocycles. The van der Waals surface area contributed by atoms with Gasteiger partial charge in [0.15, 0.2) is 0 Å². The second-order valence-corrected chi connectivity index (χ2v) is 8.03. The lowest BCUT2D eigenvalue weighted by molar-refractivity contribution is 0.306. The van der Waals surface area contributed by atoms with Crippen LogP contribution in [0.5, 0.6) is 5.75 Å². The molecule has 5 nitrogen and oxygen atoms in total. The van der Waals surface area contributed by atoms with Gasteiger partial charge in [0, 0.05) is 11.1 Å². The van der Waals surface area contributed by atoms with E-state index in [2.05, 4.69) is 9.44 Å². The topological polar surface area (TPSA) is 67.4 Å². The third-order valence-corrected chi connectivity index (χ3v) is 5.50. The summed E-state index contributed by atoms with van der Waals surface area (Å²) in [4.78, 5) is 0. The first-order valence-electron chi connectivity index (χ1n) is 8.27. The zero-order valence-corrected chi connectivity index (χ0v) is 15.3. The third kappa shape index (κ3) is 5.63. The molecule has 0 amide bonds. The molecule has 3 rings (SSSR count). The summed E-state index contributed by atoms with van der Waals surface area (Å²) in [5.41, 5.74) is 1.51. The summed E-state index contributed by atoms with van der Waals surface area (Å²) in [6.45, 7) is 0.422. The van der Waals surface area contributed by atoms with Crippen LogP contribution in [0.3, 0.4) is 0 Å². The Hall–Kier alpha value is -1.76. The minimum Gasteiger partial charge on any atom is -0.489 e. The molecule has 0 saturated heterocycles. The Balaban J connectivity index is 1.53. The van der Waals surface area contributed by atoms with Gasteiger partial charge < -0.3 is 4.74 Å². The lowest BCUT2D eigenvalue weighted by Gasteiger charge is -2.14. The van der Waals surface area contributed by atoms with E-state index in [4.69, 9.17) is 16.3 Å². The van der Waals surface area contributed by atoms with E-state index in [0.29, 0.717) is 23.1 Å². The van der Waals surface area contributed by atoms with E-state index in [0.717, 1.165) is 31.2 Å². The number of rotatable bonds is 7. The number of nitrogens with one attached hydrogen (secondary N) is 2. The van der Waals surface area contributed by atoms with E-state index < -0.39 is 10.2 Å². The molecule has 0 atom stereocenters. The summed E-state index contributed by atoms with van der Waals surface area (Å²) in [7, 11) is -3.54. The molecule has 25 heavy (non-hydrogen) atoms. The average molecular weight is 381 g/mol. The Bertz CT molecular complexity index is 786. The number of ether oxygens (including phenoxy) is 1. The molecule has 0 aliphatic heterocycles. The molecule has 1 aliphatic carbocycles. The Labute approximate surface area is 153 Å². The number of benzene rings is 2. The largest absolute Gasteiger partial charge is 0.489 e. The smallest absolute Gasteiger partial charge is 0.299 e. The Morgan fingerprint density at radius 3 is 2.28 bits per heavy atom. The fraction of sp³-hybridized carbons (Fsp3) is 0.333. The van der Waals surface area contributed by atoms with Gasteiger partial charge in [-0.3, -0.25) is 4.72 Å². The summed E-state index contributed by atoms with van der Waals surface area (Å²) in [6, 6.07) is 14.3. The number of anilines is 1. The second kappa shape index (κ2) is 8.08. The van der Waals surface area contributed by atoms with Crippen LogP contribution in [0.15, 0.2) is 48.5 Å². The van der Waals surface area contributed by atoms with Gasteiger partial charge in [-0.05, 0) is 54.8 Å². The first-order chi connectivity index (χ1) is 12.0. The summed E-state index contributed by atoms with van der Waals surface area (Å²) in [5, 5.41) is 0.687. The summed E-state index contributed by atoms with van der Waals surface area (Å²) in [5.74, 6) is 0.668. The van der Waals surface area contributed by atoms with Crippen molar-refractivity contribution in [1.82, 2.24) is 4.72 Å². The summed E-state index contributed by atoms with van der Waals surface area (Å²) in [6.07, 6.45) is 3.95. The zero-order chi connectivity index (χ0) is 17.7. The van der Waals surface area contributed by atoms with Gasteiger partial charge in [0.25, 0.3) is 10.2 Å². The van der Waals surface area contributed by atoms with Crippen molar-refractivity contribution in [2.45, 2.75) is 38.3 Å². The van der Waals surface area contributed by atoms with Crippen molar-refractivity contribution in [3.05, 3.63) is 59.1 Å². The zero-order valence-electron chi connectivity index (χ0n) is 13.7. The van der Waals surface area contributed by atoms with E-state index in [9.17, 15) is 8.42 Å². The van der Waals surface area contributed by atoms with Crippen LogP contribution in [0, 0.1) is 0 Å². The molecule has 2 aromatic rings. The second-order valence-electron chi connectivity index (χ2n) is 6.14. The summed E-state index contributed by atoms with van der Waals surface area (Å²) < 4.78 is 35.2. The highest BCUT2D eigenvalue weighted by atomic mass is 35.5. The van der Waals surface area contributed by atoms with Crippen molar-refractivity contribution < 1.29 is 13.2 Å². The van der Waals surface area contributed by atoms with Gasteiger partial charge in [-0.25, -0.2) is 0 Å². The number of hydrogen-bond acceptors (Lipinski definition) is 3. The Kier molecular flexibility index (Phi) is 5.83. The standard InChI is InChI=1S/C18H21ClN2O3S/c19-15-7-5-14(6-8-15)13-24-18-11-9-17(10-12-18)21-25(22,23)20-16-3-1-2-4-16/h5-12,16,20-21H,1-4,13H2. The molecule has 0 radical (unpaired) electrons.